The van der Waals surface area contributed by atoms with Crippen LogP contribution < -0.4 is 4.74 Å². The van der Waals surface area contributed by atoms with Crippen molar-refractivity contribution in [2.45, 2.75) is 36.2 Å². The van der Waals surface area contributed by atoms with Gasteiger partial charge in [0, 0.05) is 9.79 Å². The molecule has 0 aliphatic heterocycles. The largest absolute Gasteiger partial charge is 0.508 e. The summed E-state index contributed by atoms with van der Waals surface area (Å²) in [6, 6.07) is 27.0. The number of aromatic hydroxyl groups is 1. The lowest BCUT2D eigenvalue weighted by Crippen LogP contribution is -2.27. The number of esters is 1. The van der Waals surface area contributed by atoms with E-state index in [-0.39, 0.29) is 12.4 Å². The number of ether oxygens (including phenoxy) is 2. The van der Waals surface area contributed by atoms with Crippen molar-refractivity contribution in [3.05, 3.63) is 84.9 Å². The Morgan fingerprint density at radius 2 is 1.31 bits per heavy atom. The third-order valence-corrected chi connectivity index (χ3v) is 4.35. The predicted molar refractivity (Wildman–Crippen MR) is 116 cm³/mol. The Kier molecular flexibility index (Phi) is 8.62. The lowest BCUT2D eigenvalue weighted by Gasteiger charge is -2.19. The van der Waals surface area contributed by atoms with Crippen LogP contribution in [0.3, 0.4) is 0 Å². The van der Waals surface area contributed by atoms with E-state index in [9.17, 15) is 4.79 Å². The lowest BCUT2D eigenvalue weighted by molar-refractivity contribution is -0.157. The molecule has 3 aromatic carbocycles. The summed E-state index contributed by atoms with van der Waals surface area (Å²) in [7, 11) is 0. The molecule has 0 saturated heterocycles. The Bertz CT molecular complexity index is 819. The van der Waals surface area contributed by atoms with Crippen molar-refractivity contribution >= 4 is 17.7 Å². The fourth-order valence-electron chi connectivity index (χ4n) is 2.17. The smallest absolute Gasteiger partial charge is 0.344 e. The molecular weight excluding hydrogens is 384 g/mol. The molecule has 0 spiro atoms. The number of phenolic OH excluding ortho intramolecular Hbond substituents is 1. The number of carbonyl (C=O) groups is 1. The summed E-state index contributed by atoms with van der Waals surface area (Å²) in [5, 5.41) is 9.04. The molecule has 0 bridgehead atoms. The summed E-state index contributed by atoms with van der Waals surface area (Å²) in [5.74, 6) is 0.258. The summed E-state index contributed by atoms with van der Waals surface area (Å²) in [6.45, 7) is 5.25. The molecule has 0 aromatic heterocycles. The fourth-order valence-corrected chi connectivity index (χ4v) is 3.03. The number of phenols is 1. The lowest BCUT2D eigenvalue weighted by atomic mass is 10.2. The van der Waals surface area contributed by atoms with Crippen LogP contribution in [0.2, 0.25) is 0 Å². The van der Waals surface area contributed by atoms with Gasteiger partial charge in [-0.15, -0.1) is 0 Å². The number of benzene rings is 3. The normalized spacial score (nSPS) is 10.4. The molecule has 1 N–H and O–H groups in total. The highest BCUT2D eigenvalue weighted by atomic mass is 32.2. The van der Waals surface area contributed by atoms with Crippen LogP contribution in [0.15, 0.2) is 94.7 Å². The van der Waals surface area contributed by atoms with E-state index < -0.39 is 11.6 Å². The average Bonchev–Trinajstić information content (AvgIpc) is 2.68. The van der Waals surface area contributed by atoms with Gasteiger partial charge in [0.1, 0.15) is 17.1 Å². The molecule has 0 heterocycles. The zero-order valence-corrected chi connectivity index (χ0v) is 17.7. The van der Waals surface area contributed by atoms with E-state index in [1.54, 1.807) is 44.7 Å². The van der Waals surface area contributed by atoms with Gasteiger partial charge in [0.15, 0.2) is 6.61 Å². The van der Waals surface area contributed by atoms with Crippen molar-refractivity contribution in [2.24, 2.45) is 0 Å². The minimum atomic E-state index is -0.505. The highest BCUT2D eigenvalue weighted by Gasteiger charge is 2.16. The van der Waals surface area contributed by atoms with E-state index >= 15 is 0 Å². The van der Waals surface area contributed by atoms with Gasteiger partial charge in [-0.2, -0.15) is 0 Å². The van der Waals surface area contributed by atoms with Crippen LogP contribution in [0.25, 0.3) is 0 Å². The summed E-state index contributed by atoms with van der Waals surface area (Å²) in [6.07, 6.45) is 0. The molecule has 0 fully saturated rings. The molecule has 0 amide bonds. The summed E-state index contributed by atoms with van der Waals surface area (Å²) >= 11 is 1.79. The van der Waals surface area contributed by atoms with Crippen LogP contribution in [0, 0.1) is 0 Å². The first-order chi connectivity index (χ1) is 13.8. The first-order valence-corrected chi connectivity index (χ1v) is 10.0. The first kappa shape index (κ1) is 22.4. The zero-order valence-electron chi connectivity index (χ0n) is 16.9. The van der Waals surface area contributed by atoms with Gasteiger partial charge < -0.3 is 14.6 Å². The van der Waals surface area contributed by atoms with E-state index in [0.29, 0.717) is 5.75 Å². The van der Waals surface area contributed by atoms with E-state index in [2.05, 4.69) is 48.5 Å². The summed E-state index contributed by atoms with van der Waals surface area (Å²) < 4.78 is 10.3. The fraction of sp³-hybridized carbons (Fsp3) is 0.208. The number of carbonyl (C=O) groups excluding carboxylic acids is 1. The van der Waals surface area contributed by atoms with E-state index in [1.165, 1.54) is 21.9 Å². The van der Waals surface area contributed by atoms with Crippen molar-refractivity contribution in [3.63, 3.8) is 0 Å². The monoisotopic (exact) mass is 410 g/mol. The molecule has 5 heteroatoms. The third kappa shape index (κ3) is 9.72. The standard InChI is InChI=1S/C12H16O4.C12H10S/c1-12(2,3)16-11(14)8-15-10-6-4-9(13)5-7-10;1-3-7-11(8-4-1)13-12-9-5-2-6-10-12/h4-7,13H,8H2,1-3H3;1-10H. The molecule has 29 heavy (non-hydrogen) atoms. The molecule has 0 unspecified atom stereocenters. The summed E-state index contributed by atoms with van der Waals surface area (Å²) in [5.41, 5.74) is -0.505. The molecule has 0 saturated carbocycles. The van der Waals surface area contributed by atoms with Crippen molar-refractivity contribution in [1.29, 1.82) is 0 Å². The maximum Gasteiger partial charge on any atom is 0.344 e. The van der Waals surface area contributed by atoms with Crippen molar-refractivity contribution in [2.75, 3.05) is 6.61 Å². The zero-order chi connectivity index (χ0) is 21.1. The SMILES string of the molecule is CC(C)(C)OC(=O)COc1ccc(O)cc1.c1ccc(Sc2ccccc2)cc1. The van der Waals surface area contributed by atoms with Gasteiger partial charge in [-0.1, -0.05) is 48.2 Å². The second-order valence-corrected chi connectivity index (χ2v) is 8.24. The predicted octanol–water partition coefficient (Wildman–Crippen LogP) is 5.95. The number of hydrogen-bond donors (Lipinski definition) is 1. The van der Waals surface area contributed by atoms with Crippen LogP contribution in [0.4, 0.5) is 0 Å². The van der Waals surface area contributed by atoms with Crippen molar-refractivity contribution < 1.29 is 19.4 Å². The highest BCUT2D eigenvalue weighted by molar-refractivity contribution is 7.99. The number of rotatable bonds is 5. The van der Waals surface area contributed by atoms with Crippen LogP contribution in [0.1, 0.15) is 20.8 Å². The highest BCUT2D eigenvalue weighted by Crippen LogP contribution is 2.26. The van der Waals surface area contributed by atoms with Crippen molar-refractivity contribution in [1.82, 2.24) is 0 Å². The molecule has 3 rings (SSSR count). The topological polar surface area (TPSA) is 55.8 Å². The Labute approximate surface area is 176 Å². The second kappa shape index (κ2) is 11.2. The number of hydrogen-bond acceptors (Lipinski definition) is 5. The van der Waals surface area contributed by atoms with Crippen LogP contribution >= 0.6 is 11.8 Å². The Hall–Kier alpha value is -2.92. The third-order valence-electron chi connectivity index (χ3n) is 3.34. The minimum Gasteiger partial charge on any atom is -0.508 e. The molecule has 4 nitrogen and oxygen atoms in total. The Balaban J connectivity index is 0.000000211. The van der Waals surface area contributed by atoms with Gasteiger partial charge in [-0.3, -0.25) is 0 Å². The van der Waals surface area contributed by atoms with Gasteiger partial charge in [-0.25, -0.2) is 4.79 Å². The van der Waals surface area contributed by atoms with E-state index in [0.717, 1.165) is 0 Å². The molecule has 152 valence electrons. The van der Waals surface area contributed by atoms with Crippen LogP contribution in [0.5, 0.6) is 11.5 Å². The molecule has 0 aliphatic rings. The van der Waals surface area contributed by atoms with Crippen LogP contribution in [-0.2, 0) is 9.53 Å². The Morgan fingerprint density at radius 1 is 0.828 bits per heavy atom. The Morgan fingerprint density at radius 3 is 1.76 bits per heavy atom. The van der Waals surface area contributed by atoms with Gasteiger partial charge in [0.2, 0.25) is 0 Å². The van der Waals surface area contributed by atoms with E-state index in [1.807, 2.05) is 12.1 Å². The van der Waals surface area contributed by atoms with Crippen molar-refractivity contribution in [3.8, 4) is 11.5 Å². The van der Waals surface area contributed by atoms with Gasteiger partial charge in [-0.05, 0) is 69.3 Å². The maximum absolute atomic E-state index is 11.3. The molecular formula is C24H26O4S. The molecule has 0 atom stereocenters. The maximum atomic E-state index is 11.3. The quantitative estimate of drug-likeness (QED) is 0.527. The van der Waals surface area contributed by atoms with Gasteiger partial charge in [0.25, 0.3) is 0 Å². The van der Waals surface area contributed by atoms with E-state index in [4.69, 9.17) is 14.6 Å². The second-order valence-electron chi connectivity index (χ2n) is 7.10. The van der Waals surface area contributed by atoms with Gasteiger partial charge in [0.05, 0.1) is 0 Å². The molecule has 0 radical (unpaired) electrons. The molecule has 0 aliphatic carbocycles. The molecule has 3 aromatic rings. The minimum absolute atomic E-state index is 0.137. The van der Waals surface area contributed by atoms with Gasteiger partial charge >= 0.3 is 5.97 Å². The van der Waals surface area contributed by atoms with Crippen LogP contribution in [-0.4, -0.2) is 23.3 Å². The average molecular weight is 411 g/mol. The first-order valence-electron chi connectivity index (χ1n) is 9.23. The summed E-state index contributed by atoms with van der Waals surface area (Å²) in [4.78, 5) is 13.9.